The van der Waals surface area contributed by atoms with E-state index in [2.05, 4.69) is 5.32 Å². The van der Waals surface area contributed by atoms with Gasteiger partial charge in [-0.25, -0.2) is 4.79 Å². The normalized spacial score (nSPS) is 21.2. The van der Waals surface area contributed by atoms with Crippen LogP contribution < -0.4 is 5.32 Å². The topological polar surface area (TPSA) is 71.3 Å². The minimum Gasteiger partial charge on any atom is -0.478 e. The second-order valence-electron chi connectivity index (χ2n) is 5.59. The second-order valence-corrected chi connectivity index (χ2v) is 5.59. The van der Waals surface area contributed by atoms with Crippen LogP contribution in [0.25, 0.3) is 10.9 Å². The number of carboxylic acid groups (broad SMARTS) is 1. The number of hydrogen-bond acceptors (Lipinski definition) is 2. The number of fused-ring (bicyclic) bond motifs is 3. The third-order valence-corrected chi connectivity index (χ3v) is 4.41. The van der Waals surface area contributed by atoms with Crippen molar-refractivity contribution in [1.29, 1.82) is 0 Å². The zero-order valence-electron chi connectivity index (χ0n) is 12.3. The van der Waals surface area contributed by atoms with E-state index < -0.39 is 5.97 Å². The lowest BCUT2D eigenvalue weighted by atomic mass is 10.0. The van der Waals surface area contributed by atoms with Crippen molar-refractivity contribution in [2.24, 2.45) is 0 Å². The quantitative estimate of drug-likeness (QED) is 0.891. The molecule has 2 N–H and O–H groups in total. The first-order chi connectivity index (χ1) is 9.95. The van der Waals surface area contributed by atoms with Crippen molar-refractivity contribution < 1.29 is 14.7 Å². The molecule has 1 aliphatic heterocycles. The average Bonchev–Trinajstić information content (AvgIpc) is 2.78. The van der Waals surface area contributed by atoms with E-state index in [-0.39, 0.29) is 23.6 Å². The van der Waals surface area contributed by atoms with E-state index >= 15 is 0 Å². The molecule has 0 radical (unpaired) electrons. The Labute approximate surface area is 122 Å². The lowest BCUT2D eigenvalue weighted by Gasteiger charge is -2.31. The van der Waals surface area contributed by atoms with Gasteiger partial charge in [-0.3, -0.25) is 4.79 Å². The van der Waals surface area contributed by atoms with Crippen LogP contribution in [0.5, 0.6) is 0 Å². The molecule has 1 amide bonds. The van der Waals surface area contributed by atoms with Gasteiger partial charge >= 0.3 is 5.97 Å². The summed E-state index contributed by atoms with van der Waals surface area (Å²) in [6.07, 6.45) is 0.736. The summed E-state index contributed by atoms with van der Waals surface area (Å²) in [5.74, 6) is -1.03. The Morgan fingerprint density at radius 1 is 1.38 bits per heavy atom. The van der Waals surface area contributed by atoms with Crippen LogP contribution in [0.3, 0.4) is 0 Å². The fourth-order valence-corrected chi connectivity index (χ4v) is 3.16. The largest absolute Gasteiger partial charge is 0.478 e. The summed E-state index contributed by atoms with van der Waals surface area (Å²) in [5.41, 5.74) is 2.73. The number of rotatable bonds is 2. The number of amides is 1. The maximum Gasteiger partial charge on any atom is 0.335 e. The molecule has 0 saturated heterocycles. The first-order valence-corrected chi connectivity index (χ1v) is 7.16. The van der Waals surface area contributed by atoms with E-state index in [1.807, 2.05) is 31.4 Å². The van der Waals surface area contributed by atoms with Crippen LogP contribution in [-0.2, 0) is 6.42 Å². The van der Waals surface area contributed by atoms with Gasteiger partial charge in [0.05, 0.1) is 17.1 Å². The maximum absolute atomic E-state index is 12.4. The highest BCUT2D eigenvalue weighted by Crippen LogP contribution is 2.34. The molecule has 2 heterocycles. The number of nitrogens with zero attached hydrogens (tertiary/aromatic N) is 1. The predicted octanol–water partition coefficient (Wildman–Crippen LogP) is 2.59. The Hall–Kier alpha value is -2.30. The summed E-state index contributed by atoms with van der Waals surface area (Å²) in [6, 6.07) is 5.18. The van der Waals surface area contributed by atoms with E-state index in [4.69, 9.17) is 0 Å². The summed E-state index contributed by atoms with van der Waals surface area (Å²) in [5, 5.41) is 13.1. The molecule has 1 aromatic heterocycles. The van der Waals surface area contributed by atoms with Crippen molar-refractivity contribution in [3.8, 4) is 0 Å². The minimum absolute atomic E-state index is 0.0128. The van der Waals surface area contributed by atoms with Gasteiger partial charge in [-0.2, -0.15) is 0 Å². The number of carbonyl (C=O) groups excluding carboxylic acids is 1. The van der Waals surface area contributed by atoms with Crippen LogP contribution in [0.2, 0.25) is 0 Å². The summed E-state index contributed by atoms with van der Waals surface area (Å²) >= 11 is 0. The first kappa shape index (κ1) is 13.7. The monoisotopic (exact) mass is 286 g/mol. The minimum atomic E-state index is -0.952. The van der Waals surface area contributed by atoms with Crippen LogP contribution in [-0.4, -0.2) is 27.6 Å². The molecule has 5 heteroatoms. The highest BCUT2D eigenvalue weighted by atomic mass is 16.4. The van der Waals surface area contributed by atoms with E-state index in [1.165, 1.54) is 0 Å². The standard InChI is InChI=1S/C16H18N2O3/c1-4-11-12-6-5-10(16(20)21)7-13(12)18-9(3)8(2)17-15(19)14(11)18/h5-9H,4H2,1-3H3,(H,17,19)(H,20,21). The lowest BCUT2D eigenvalue weighted by molar-refractivity contribution is 0.0696. The molecule has 1 aromatic carbocycles. The second kappa shape index (κ2) is 4.62. The molecule has 3 rings (SSSR count). The smallest absolute Gasteiger partial charge is 0.335 e. The number of nitrogens with one attached hydrogen (secondary N) is 1. The maximum atomic E-state index is 12.4. The fourth-order valence-electron chi connectivity index (χ4n) is 3.16. The first-order valence-electron chi connectivity index (χ1n) is 7.16. The highest BCUT2D eigenvalue weighted by molar-refractivity contribution is 6.04. The molecule has 0 spiro atoms. The number of hydrogen-bond donors (Lipinski definition) is 2. The zero-order chi connectivity index (χ0) is 15.3. The third kappa shape index (κ3) is 1.84. The van der Waals surface area contributed by atoms with Gasteiger partial charge in [0, 0.05) is 11.4 Å². The van der Waals surface area contributed by atoms with Crippen molar-refractivity contribution >= 4 is 22.8 Å². The molecule has 5 nitrogen and oxygen atoms in total. The van der Waals surface area contributed by atoms with Crippen molar-refractivity contribution in [3.63, 3.8) is 0 Å². The SMILES string of the molecule is CCc1c2n(c3cc(C(=O)O)ccc13)C(C)C(C)NC2=O. The highest BCUT2D eigenvalue weighted by Gasteiger charge is 2.32. The number of carbonyl (C=O) groups is 2. The lowest BCUT2D eigenvalue weighted by Crippen LogP contribution is -2.45. The molecule has 2 unspecified atom stereocenters. The van der Waals surface area contributed by atoms with Gasteiger partial charge < -0.3 is 15.0 Å². The van der Waals surface area contributed by atoms with Crippen LogP contribution in [0.15, 0.2) is 18.2 Å². The van der Waals surface area contributed by atoms with Crippen LogP contribution in [0.4, 0.5) is 0 Å². The molecule has 110 valence electrons. The van der Waals surface area contributed by atoms with E-state index in [9.17, 15) is 14.7 Å². The number of benzene rings is 1. The Morgan fingerprint density at radius 3 is 2.71 bits per heavy atom. The Balaban J connectivity index is 2.40. The van der Waals surface area contributed by atoms with E-state index in [1.54, 1.807) is 12.1 Å². The van der Waals surface area contributed by atoms with E-state index in [0.717, 1.165) is 22.9 Å². The Bertz CT molecular complexity index is 760. The Morgan fingerprint density at radius 2 is 2.10 bits per heavy atom. The zero-order valence-corrected chi connectivity index (χ0v) is 12.3. The number of aromatic nitrogens is 1. The van der Waals surface area contributed by atoms with Crippen molar-refractivity contribution in [2.45, 2.75) is 39.3 Å². The van der Waals surface area contributed by atoms with Crippen LogP contribution in [0.1, 0.15) is 53.2 Å². The van der Waals surface area contributed by atoms with E-state index in [0.29, 0.717) is 5.69 Å². The summed E-state index contributed by atoms with van der Waals surface area (Å²) in [7, 11) is 0. The molecular weight excluding hydrogens is 268 g/mol. The molecule has 2 atom stereocenters. The van der Waals surface area contributed by atoms with Gasteiger partial charge in [-0.1, -0.05) is 13.0 Å². The van der Waals surface area contributed by atoms with Crippen LogP contribution in [0, 0.1) is 0 Å². The van der Waals surface area contributed by atoms with Gasteiger partial charge in [0.15, 0.2) is 0 Å². The van der Waals surface area contributed by atoms with Crippen LogP contribution >= 0.6 is 0 Å². The van der Waals surface area contributed by atoms with Gasteiger partial charge in [-0.15, -0.1) is 0 Å². The Kier molecular flexibility index (Phi) is 3.01. The van der Waals surface area contributed by atoms with Crippen molar-refractivity contribution in [2.75, 3.05) is 0 Å². The average molecular weight is 286 g/mol. The molecule has 0 saturated carbocycles. The predicted molar refractivity (Wildman–Crippen MR) is 79.9 cm³/mol. The number of aryl methyl sites for hydroxylation is 1. The van der Waals surface area contributed by atoms with Crippen molar-refractivity contribution in [3.05, 3.63) is 35.0 Å². The molecule has 0 bridgehead atoms. The third-order valence-electron chi connectivity index (χ3n) is 4.41. The molecule has 1 aliphatic rings. The molecule has 21 heavy (non-hydrogen) atoms. The van der Waals surface area contributed by atoms with Gasteiger partial charge in [0.1, 0.15) is 5.69 Å². The molecule has 0 aliphatic carbocycles. The fraction of sp³-hybridized carbons (Fsp3) is 0.375. The molecule has 0 fully saturated rings. The summed E-state index contributed by atoms with van der Waals surface area (Å²) in [4.78, 5) is 23.6. The van der Waals surface area contributed by atoms with Gasteiger partial charge in [0.25, 0.3) is 5.91 Å². The summed E-state index contributed by atoms with van der Waals surface area (Å²) < 4.78 is 1.99. The molecular formula is C16H18N2O3. The van der Waals surface area contributed by atoms with Crippen molar-refractivity contribution in [1.82, 2.24) is 9.88 Å². The summed E-state index contributed by atoms with van der Waals surface area (Å²) in [6.45, 7) is 6.01. The number of carboxylic acids is 1. The molecule has 2 aromatic rings. The van der Waals surface area contributed by atoms with Gasteiger partial charge in [0.2, 0.25) is 0 Å². The van der Waals surface area contributed by atoms with Gasteiger partial charge in [-0.05, 0) is 38.0 Å². The number of aromatic carboxylic acids is 1.